The maximum atomic E-state index is 6.37. The molecular formula is C29H34N6O. The molecule has 0 radical (unpaired) electrons. The van der Waals surface area contributed by atoms with Crippen molar-refractivity contribution in [2.75, 3.05) is 25.4 Å². The fourth-order valence-corrected chi connectivity index (χ4v) is 5.85. The molecule has 1 aliphatic carbocycles. The highest BCUT2D eigenvalue weighted by atomic mass is 16.5. The lowest BCUT2D eigenvalue weighted by molar-refractivity contribution is 0.221. The molecule has 3 heterocycles. The van der Waals surface area contributed by atoms with Gasteiger partial charge in [0.05, 0.1) is 0 Å². The summed E-state index contributed by atoms with van der Waals surface area (Å²) >= 11 is 0. The van der Waals surface area contributed by atoms with Crippen LogP contribution in [0.4, 0.5) is 5.82 Å². The quantitative estimate of drug-likeness (QED) is 0.384. The lowest BCUT2D eigenvalue weighted by atomic mass is 9.81. The topological polar surface area (TPSA) is 81.6 Å². The summed E-state index contributed by atoms with van der Waals surface area (Å²) in [5, 5.41) is 4.59. The van der Waals surface area contributed by atoms with Crippen LogP contribution in [0.1, 0.15) is 55.8 Å². The van der Waals surface area contributed by atoms with Crippen LogP contribution in [0.25, 0.3) is 16.8 Å². The number of benzene rings is 2. The Morgan fingerprint density at radius 1 is 0.944 bits per heavy atom. The molecule has 4 aromatic rings. The van der Waals surface area contributed by atoms with Crippen LogP contribution in [0.5, 0.6) is 5.75 Å². The molecule has 2 aromatic carbocycles. The van der Waals surface area contributed by atoms with E-state index in [0.717, 1.165) is 52.7 Å². The van der Waals surface area contributed by atoms with Crippen molar-refractivity contribution in [2.24, 2.45) is 5.92 Å². The normalized spacial score (nSPS) is 20.7. The van der Waals surface area contributed by atoms with Gasteiger partial charge in [-0.05, 0) is 75.2 Å². The number of likely N-dealkylation sites (tertiary alicyclic amines) is 1. The van der Waals surface area contributed by atoms with E-state index in [2.05, 4.69) is 33.2 Å². The number of rotatable bonds is 7. The van der Waals surface area contributed by atoms with E-state index in [4.69, 9.17) is 15.5 Å². The fraction of sp³-hybridized carbons (Fsp3) is 0.414. The van der Waals surface area contributed by atoms with Crippen molar-refractivity contribution in [3.8, 4) is 17.0 Å². The molecule has 0 bridgehead atoms. The Hall–Kier alpha value is -3.45. The van der Waals surface area contributed by atoms with Gasteiger partial charge in [0, 0.05) is 18.0 Å². The van der Waals surface area contributed by atoms with E-state index >= 15 is 0 Å². The minimum atomic E-state index is 0.382. The van der Waals surface area contributed by atoms with Gasteiger partial charge >= 0.3 is 0 Å². The third kappa shape index (κ3) is 4.80. The van der Waals surface area contributed by atoms with Gasteiger partial charge in [-0.15, -0.1) is 0 Å². The zero-order valence-corrected chi connectivity index (χ0v) is 20.7. The molecule has 6 rings (SSSR count). The molecule has 186 valence electrons. The molecule has 36 heavy (non-hydrogen) atoms. The molecule has 1 aliphatic heterocycles. The van der Waals surface area contributed by atoms with Crippen molar-refractivity contribution in [3.05, 3.63) is 72.3 Å². The number of hydrogen-bond acceptors (Lipinski definition) is 6. The van der Waals surface area contributed by atoms with Gasteiger partial charge in [0.1, 0.15) is 35.7 Å². The number of nitrogen functional groups attached to an aromatic ring is 1. The molecule has 7 nitrogen and oxygen atoms in total. The summed E-state index contributed by atoms with van der Waals surface area (Å²) in [6.07, 6.45) is 9.03. The minimum Gasteiger partial charge on any atom is -0.489 e. The molecular weight excluding hydrogens is 448 g/mol. The predicted octanol–water partition coefficient (Wildman–Crippen LogP) is 5.32. The van der Waals surface area contributed by atoms with Crippen LogP contribution in [0.15, 0.2) is 60.9 Å². The number of aromatic nitrogens is 4. The highest BCUT2D eigenvalue weighted by Crippen LogP contribution is 2.39. The van der Waals surface area contributed by atoms with Gasteiger partial charge in [-0.25, -0.2) is 14.5 Å². The summed E-state index contributed by atoms with van der Waals surface area (Å²) in [7, 11) is 0. The maximum absolute atomic E-state index is 6.37. The Kier molecular flexibility index (Phi) is 6.55. The number of imidazole rings is 1. The fourth-order valence-electron chi connectivity index (χ4n) is 5.85. The first-order chi connectivity index (χ1) is 17.7. The van der Waals surface area contributed by atoms with E-state index in [9.17, 15) is 0 Å². The highest BCUT2D eigenvalue weighted by molar-refractivity contribution is 5.85. The summed E-state index contributed by atoms with van der Waals surface area (Å²) < 4.78 is 8.02. The third-order valence-corrected chi connectivity index (χ3v) is 7.77. The van der Waals surface area contributed by atoms with Gasteiger partial charge in [0.25, 0.3) is 0 Å². The molecule has 7 heteroatoms. The first kappa shape index (κ1) is 23.0. The number of nitrogens with zero attached hydrogens (tertiary/aromatic N) is 5. The van der Waals surface area contributed by atoms with Crippen molar-refractivity contribution >= 4 is 11.3 Å². The average Bonchev–Trinajstić information content (AvgIpc) is 3.58. The monoisotopic (exact) mass is 482 g/mol. The molecule has 1 saturated carbocycles. The zero-order chi connectivity index (χ0) is 24.3. The smallest absolute Gasteiger partial charge is 0.153 e. The van der Waals surface area contributed by atoms with E-state index in [1.807, 2.05) is 40.9 Å². The molecule has 0 atom stereocenters. The van der Waals surface area contributed by atoms with E-state index in [1.54, 1.807) is 0 Å². The standard InChI is InChI=1S/C29H34N6O/c30-28-27-26(24-9-6-10-25(17-24)36-19-22-7-2-1-3-8-22)33-29(35(27)32-20-31-28)23-13-11-21(12-14-23)18-34-15-4-5-16-34/h1-3,6-10,17,20-21,23H,4-5,11-16,18-19H2,(H2,30,31,32). The summed E-state index contributed by atoms with van der Waals surface area (Å²) in [4.78, 5) is 12.1. The number of anilines is 1. The van der Waals surface area contributed by atoms with Gasteiger partial charge in [-0.3, -0.25) is 0 Å². The molecule has 0 amide bonds. The SMILES string of the molecule is Nc1ncnn2c(C3CCC(CN4CCCC4)CC3)nc(-c3cccc(OCc4ccccc4)c3)c12. The van der Waals surface area contributed by atoms with Crippen molar-refractivity contribution < 1.29 is 4.74 Å². The van der Waals surface area contributed by atoms with Crippen LogP contribution in [0.2, 0.25) is 0 Å². The van der Waals surface area contributed by atoms with E-state index in [-0.39, 0.29) is 0 Å². The van der Waals surface area contributed by atoms with E-state index in [0.29, 0.717) is 18.3 Å². The summed E-state index contributed by atoms with van der Waals surface area (Å²) in [6.45, 7) is 4.33. The van der Waals surface area contributed by atoms with Gasteiger partial charge in [-0.2, -0.15) is 5.10 Å². The second-order valence-electron chi connectivity index (χ2n) is 10.3. The number of hydrogen-bond donors (Lipinski definition) is 1. The van der Waals surface area contributed by atoms with Crippen LogP contribution in [0.3, 0.4) is 0 Å². The second-order valence-corrected chi connectivity index (χ2v) is 10.3. The molecule has 0 spiro atoms. The number of ether oxygens (including phenoxy) is 1. The Balaban J connectivity index is 1.24. The van der Waals surface area contributed by atoms with Crippen molar-refractivity contribution in [3.63, 3.8) is 0 Å². The van der Waals surface area contributed by atoms with Gasteiger partial charge in [0.15, 0.2) is 5.82 Å². The molecule has 2 aromatic heterocycles. The predicted molar refractivity (Wildman–Crippen MR) is 142 cm³/mol. The second kappa shape index (κ2) is 10.3. The zero-order valence-electron chi connectivity index (χ0n) is 20.7. The Morgan fingerprint density at radius 2 is 1.75 bits per heavy atom. The summed E-state index contributed by atoms with van der Waals surface area (Å²) in [5.74, 6) is 3.44. The number of nitrogens with two attached hydrogens (primary N) is 1. The lowest BCUT2D eigenvalue weighted by Crippen LogP contribution is -2.29. The molecule has 1 saturated heterocycles. The highest BCUT2D eigenvalue weighted by Gasteiger charge is 2.29. The largest absolute Gasteiger partial charge is 0.489 e. The van der Waals surface area contributed by atoms with Crippen molar-refractivity contribution in [2.45, 2.75) is 51.0 Å². The van der Waals surface area contributed by atoms with E-state index < -0.39 is 0 Å². The summed E-state index contributed by atoms with van der Waals surface area (Å²) in [5.41, 5.74) is 10.1. The number of fused-ring (bicyclic) bond motifs is 1. The minimum absolute atomic E-state index is 0.382. The van der Waals surface area contributed by atoms with Crippen molar-refractivity contribution in [1.29, 1.82) is 0 Å². The lowest BCUT2D eigenvalue weighted by Gasteiger charge is -2.30. The first-order valence-corrected chi connectivity index (χ1v) is 13.2. The van der Waals surface area contributed by atoms with Gasteiger partial charge in [0.2, 0.25) is 0 Å². The Labute approximate surface area is 212 Å². The third-order valence-electron chi connectivity index (χ3n) is 7.77. The van der Waals surface area contributed by atoms with Gasteiger partial charge < -0.3 is 15.4 Å². The molecule has 2 N–H and O–H groups in total. The van der Waals surface area contributed by atoms with Crippen LogP contribution >= 0.6 is 0 Å². The summed E-state index contributed by atoms with van der Waals surface area (Å²) in [6, 6.07) is 18.3. The van der Waals surface area contributed by atoms with E-state index in [1.165, 1.54) is 51.6 Å². The van der Waals surface area contributed by atoms with Gasteiger partial charge in [-0.1, -0.05) is 42.5 Å². The first-order valence-electron chi connectivity index (χ1n) is 13.2. The molecule has 2 fully saturated rings. The average molecular weight is 483 g/mol. The Bertz CT molecular complexity index is 1310. The van der Waals surface area contributed by atoms with Crippen LogP contribution in [-0.2, 0) is 6.61 Å². The maximum Gasteiger partial charge on any atom is 0.153 e. The molecule has 0 unspecified atom stereocenters. The van der Waals surface area contributed by atoms with Crippen LogP contribution < -0.4 is 10.5 Å². The molecule has 2 aliphatic rings. The van der Waals surface area contributed by atoms with Crippen LogP contribution in [0, 0.1) is 5.92 Å². The van der Waals surface area contributed by atoms with Crippen LogP contribution in [-0.4, -0.2) is 44.1 Å². The van der Waals surface area contributed by atoms with Crippen molar-refractivity contribution in [1.82, 2.24) is 24.5 Å². The Morgan fingerprint density at radius 3 is 2.56 bits per heavy atom.